The van der Waals surface area contributed by atoms with E-state index < -0.39 is 10.0 Å². The van der Waals surface area contributed by atoms with E-state index in [1.165, 1.54) is 6.42 Å². The van der Waals surface area contributed by atoms with Gasteiger partial charge >= 0.3 is 0 Å². The molecule has 1 aliphatic carbocycles. The van der Waals surface area contributed by atoms with Gasteiger partial charge in [-0.3, -0.25) is 0 Å². The van der Waals surface area contributed by atoms with Gasteiger partial charge in [-0.05, 0) is 38.5 Å². The van der Waals surface area contributed by atoms with Gasteiger partial charge in [-0.25, -0.2) is 22.8 Å². The summed E-state index contributed by atoms with van der Waals surface area (Å²) in [5, 5.41) is 4.32. The quantitative estimate of drug-likeness (QED) is 0.921. The average Bonchev–Trinajstić information content (AvgIpc) is 2.80. The maximum atomic E-state index is 12.4. The number of aryl methyl sites for hydroxylation is 2. The molecule has 1 N–H and O–H groups in total. The summed E-state index contributed by atoms with van der Waals surface area (Å²) in [5.74, 6) is 2.06. The second-order valence-corrected chi connectivity index (χ2v) is 8.14. The summed E-state index contributed by atoms with van der Waals surface area (Å²) in [6.45, 7) is 2.68. The molecule has 0 spiro atoms. The first-order valence-electron chi connectivity index (χ1n) is 7.95. The molecule has 1 atom stereocenters. The summed E-state index contributed by atoms with van der Waals surface area (Å²) in [7, 11) is -3.25. The van der Waals surface area contributed by atoms with Crippen molar-refractivity contribution in [1.82, 2.24) is 19.5 Å². The standard InChI is InChI=1S/C14H24N4O2S/c1-11-15-14-13(8-5-9-18(14)16-11)17-21(19,20)10-12-6-3-2-4-7-12/h12-13,17H,2-10H2,1H3. The predicted molar refractivity (Wildman–Crippen MR) is 80.2 cm³/mol. The molecule has 0 amide bonds. The normalized spacial score (nSPS) is 24.0. The minimum absolute atomic E-state index is 0.214. The first kappa shape index (κ1) is 15.0. The molecular formula is C14H24N4O2S. The van der Waals surface area contributed by atoms with E-state index in [1.807, 2.05) is 11.6 Å². The topological polar surface area (TPSA) is 76.9 Å². The lowest BCUT2D eigenvalue weighted by Crippen LogP contribution is -2.36. The van der Waals surface area contributed by atoms with E-state index in [2.05, 4.69) is 14.8 Å². The predicted octanol–water partition coefficient (Wildman–Crippen LogP) is 1.92. The van der Waals surface area contributed by atoms with Crippen molar-refractivity contribution in [1.29, 1.82) is 0 Å². The number of fused-ring (bicyclic) bond motifs is 1. The van der Waals surface area contributed by atoms with Gasteiger partial charge in [0.25, 0.3) is 0 Å². The molecule has 1 aromatic heterocycles. The summed E-state index contributed by atoms with van der Waals surface area (Å²) in [6.07, 6.45) is 7.40. The summed E-state index contributed by atoms with van der Waals surface area (Å²) in [4.78, 5) is 4.39. The second kappa shape index (κ2) is 6.04. The van der Waals surface area contributed by atoms with Crippen molar-refractivity contribution in [2.45, 2.75) is 64.5 Å². The summed E-state index contributed by atoms with van der Waals surface area (Å²) in [6, 6.07) is -0.214. The number of nitrogens with one attached hydrogen (secondary N) is 1. The van der Waals surface area contributed by atoms with Gasteiger partial charge in [0.1, 0.15) is 11.6 Å². The Bertz CT molecular complexity index is 590. The van der Waals surface area contributed by atoms with Gasteiger partial charge in [0.05, 0.1) is 11.8 Å². The molecule has 118 valence electrons. The molecule has 0 radical (unpaired) electrons. The largest absolute Gasteiger partial charge is 0.248 e. The van der Waals surface area contributed by atoms with E-state index in [4.69, 9.17) is 0 Å². The third kappa shape index (κ3) is 3.63. The van der Waals surface area contributed by atoms with E-state index >= 15 is 0 Å². The molecule has 21 heavy (non-hydrogen) atoms. The first-order chi connectivity index (χ1) is 10.0. The van der Waals surface area contributed by atoms with E-state index in [1.54, 1.807) is 0 Å². The van der Waals surface area contributed by atoms with E-state index in [0.29, 0.717) is 11.7 Å². The molecule has 0 aromatic carbocycles. The number of hydrogen-bond donors (Lipinski definition) is 1. The highest BCUT2D eigenvalue weighted by atomic mass is 32.2. The second-order valence-electron chi connectivity index (χ2n) is 6.34. The molecule has 2 aliphatic rings. The zero-order valence-electron chi connectivity index (χ0n) is 12.6. The molecule has 0 saturated heterocycles. The van der Waals surface area contributed by atoms with Gasteiger partial charge < -0.3 is 0 Å². The zero-order chi connectivity index (χ0) is 14.9. The Kier molecular flexibility index (Phi) is 4.31. The maximum absolute atomic E-state index is 12.4. The monoisotopic (exact) mass is 312 g/mol. The number of hydrogen-bond acceptors (Lipinski definition) is 4. The zero-order valence-corrected chi connectivity index (χ0v) is 13.4. The Hall–Kier alpha value is -0.950. The van der Waals surface area contributed by atoms with Crippen LogP contribution >= 0.6 is 0 Å². The van der Waals surface area contributed by atoms with Crippen LogP contribution in [0, 0.1) is 12.8 Å². The van der Waals surface area contributed by atoms with Gasteiger partial charge in [-0.15, -0.1) is 0 Å². The van der Waals surface area contributed by atoms with Crippen LogP contribution in [0.25, 0.3) is 0 Å². The Balaban J connectivity index is 1.68. The van der Waals surface area contributed by atoms with Gasteiger partial charge in [-0.1, -0.05) is 19.3 Å². The molecule has 1 unspecified atom stereocenters. The van der Waals surface area contributed by atoms with Gasteiger partial charge in [0, 0.05) is 6.54 Å². The third-order valence-corrected chi connectivity index (χ3v) is 6.04. The van der Waals surface area contributed by atoms with Gasteiger partial charge in [-0.2, -0.15) is 5.10 Å². The molecule has 1 fully saturated rings. The molecule has 0 bridgehead atoms. The van der Waals surface area contributed by atoms with Crippen molar-refractivity contribution in [2.75, 3.05) is 5.75 Å². The fourth-order valence-corrected chi connectivity index (χ4v) is 5.22. The van der Waals surface area contributed by atoms with Crippen LogP contribution < -0.4 is 4.72 Å². The van der Waals surface area contributed by atoms with E-state index in [0.717, 1.165) is 50.9 Å². The van der Waals surface area contributed by atoms with Crippen molar-refractivity contribution in [2.24, 2.45) is 5.92 Å². The van der Waals surface area contributed by atoms with Gasteiger partial charge in [0.2, 0.25) is 10.0 Å². The van der Waals surface area contributed by atoms with Crippen LogP contribution in [0.4, 0.5) is 0 Å². The molecule has 1 aliphatic heterocycles. The van der Waals surface area contributed by atoms with E-state index in [9.17, 15) is 8.42 Å². The molecular weight excluding hydrogens is 288 g/mol. The van der Waals surface area contributed by atoms with Crippen molar-refractivity contribution >= 4 is 10.0 Å². The lowest BCUT2D eigenvalue weighted by molar-refractivity contribution is 0.376. The minimum atomic E-state index is -3.25. The van der Waals surface area contributed by atoms with Crippen molar-refractivity contribution in [3.63, 3.8) is 0 Å². The molecule has 1 saturated carbocycles. The van der Waals surface area contributed by atoms with E-state index in [-0.39, 0.29) is 11.8 Å². The summed E-state index contributed by atoms with van der Waals surface area (Å²) in [5.41, 5.74) is 0. The third-order valence-electron chi connectivity index (χ3n) is 4.48. The SMILES string of the molecule is Cc1nc2n(n1)CCCC2NS(=O)(=O)CC1CCCCC1. The fraction of sp³-hybridized carbons (Fsp3) is 0.857. The Morgan fingerprint density at radius 3 is 2.71 bits per heavy atom. The number of nitrogens with zero attached hydrogens (tertiary/aromatic N) is 3. The van der Waals surface area contributed by atoms with Crippen molar-refractivity contribution in [3.8, 4) is 0 Å². The number of aromatic nitrogens is 3. The Morgan fingerprint density at radius 2 is 1.95 bits per heavy atom. The summed E-state index contributed by atoms with van der Waals surface area (Å²) < 4.78 is 29.5. The van der Waals surface area contributed by atoms with Crippen LogP contribution in [0.5, 0.6) is 0 Å². The Morgan fingerprint density at radius 1 is 1.19 bits per heavy atom. The molecule has 3 rings (SSSR count). The molecule has 1 aromatic rings. The van der Waals surface area contributed by atoms with Crippen LogP contribution in [0.1, 0.15) is 62.6 Å². The summed E-state index contributed by atoms with van der Waals surface area (Å²) >= 11 is 0. The highest BCUT2D eigenvalue weighted by Crippen LogP contribution is 2.27. The van der Waals surface area contributed by atoms with Crippen LogP contribution in [-0.4, -0.2) is 28.9 Å². The molecule has 6 nitrogen and oxygen atoms in total. The highest BCUT2D eigenvalue weighted by molar-refractivity contribution is 7.89. The average molecular weight is 312 g/mol. The highest BCUT2D eigenvalue weighted by Gasteiger charge is 2.29. The smallest absolute Gasteiger partial charge is 0.212 e. The number of sulfonamides is 1. The lowest BCUT2D eigenvalue weighted by Gasteiger charge is -2.25. The van der Waals surface area contributed by atoms with Crippen molar-refractivity contribution < 1.29 is 8.42 Å². The molecule has 2 heterocycles. The minimum Gasteiger partial charge on any atom is -0.248 e. The van der Waals surface area contributed by atoms with Crippen LogP contribution in [-0.2, 0) is 16.6 Å². The van der Waals surface area contributed by atoms with Crippen LogP contribution in [0.2, 0.25) is 0 Å². The fourth-order valence-electron chi connectivity index (χ4n) is 3.51. The first-order valence-corrected chi connectivity index (χ1v) is 9.60. The van der Waals surface area contributed by atoms with Crippen LogP contribution in [0.15, 0.2) is 0 Å². The molecule has 7 heteroatoms. The number of rotatable bonds is 4. The maximum Gasteiger partial charge on any atom is 0.212 e. The lowest BCUT2D eigenvalue weighted by atomic mass is 9.91. The Labute approximate surface area is 126 Å². The van der Waals surface area contributed by atoms with Crippen LogP contribution in [0.3, 0.4) is 0 Å². The van der Waals surface area contributed by atoms with Gasteiger partial charge in [0.15, 0.2) is 0 Å². The van der Waals surface area contributed by atoms with Crippen molar-refractivity contribution in [3.05, 3.63) is 11.6 Å².